The van der Waals surface area contributed by atoms with Crippen LogP contribution in [0.1, 0.15) is 18.1 Å². The van der Waals surface area contributed by atoms with Crippen LogP contribution in [0.2, 0.25) is 0 Å². The fourth-order valence-electron chi connectivity index (χ4n) is 2.36. The Morgan fingerprint density at radius 2 is 1.65 bits per heavy atom. The Kier molecular flexibility index (Phi) is 6.60. The number of carbonyl (C=O) groups excluding carboxylic acids is 2. The number of rotatable bonds is 7. The monoisotopic (exact) mass is 357 g/mol. The molecule has 138 valence electrons. The molecule has 0 aliphatic heterocycles. The Morgan fingerprint density at radius 3 is 2.23 bits per heavy atom. The predicted octanol–water partition coefficient (Wildman–Crippen LogP) is 3.26. The van der Waals surface area contributed by atoms with Crippen LogP contribution in [0.5, 0.6) is 11.5 Å². The van der Waals surface area contributed by atoms with Gasteiger partial charge in [-0.1, -0.05) is 18.2 Å². The Morgan fingerprint density at radius 1 is 1.04 bits per heavy atom. The molecule has 6 nitrogen and oxygen atoms in total. The highest BCUT2D eigenvalue weighted by molar-refractivity contribution is 5.95. The quantitative estimate of drug-likeness (QED) is 0.770. The van der Waals surface area contributed by atoms with Gasteiger partial charge in [-0.3, -0.25) is 4.79 Å². The van der Waals surface area contributed by atoms with Crippen LogP contribution in [0.4, 0.5) is 5.69 Å². The first kappa shape index (κ1) is 19.3. The lowest BCUT2D eigenvalue weighted by molar-refractivity contribution is -0.155. The fraction of sp³-hybridized carbons (Fsp3) is 0.300. The van der Waals surface area contributed by atoms with Crippen molar-refractivity contribution in [3.63, 3.8) is 0 Å². The molecule has 2 aromatic rings. The minimum absolute atomic E-state index is 0.258. The van der Waals surface area contributed by atoms with E-state index in [4.69, 9.17) is 14.2 Å². The van der Waals surface area contributed by atoms with Crippen molar-refractivity contribution in [2.45, 2.75) is 26.9 Å². The molecule has 0 fully saturated rings. The number of anilines is 1. The van der Waals surface area contributed by atoms with E-state index in [2.05, 4.69) is 5.32 Å². The van der Waals surface area contributed by atoms with Gasteiger partial charge in [0.15, 0.2) is 12.7 Å². The van der Waals surface area contributed by atoms with Crippen LogP contribution < -0.4 is 14.8 Å². The molecule has 0 heterocycles. The van der Waals surface area contributed by atoms with E-state index in [9.17, 15) is 9.59 Å². The maximum atomic E-state index is 12.1. The molecule has 2 rings (SSSR count). The average Bonchev–Trinajstić information content (AvgIpc) is 2.61. The van der Waals surface area contributed by atoms with Gasteiger partial charge in [-0.2, -0.15) is 0 Å². The molecule has 1 atom stereocenters. The number of methoxy groups -OCH3 is 1. The van der Waals surface area contributed by atoms with Gasteiger partial charge in [-0.05, 0) is 56.2 Å². The summed E-state index contributed by atoms with van der Waals surface area (Å²) in [4.78, 5) is 24.1. The van der Waals surface area contributed by atoms with Crippen LogP contribution in [-0.4, -0.2) is 31.7 Å². The van der Waals surface area contributed by atoms with E-state index in [0.29, 0.717) is 17.2 Å². The van der Waals surface area contributed by atoms with Crippen LogP contribution in [0.3, 0.4) is 0 Å². The molecule has 1 amide bonds. The molecule has 0 aliphatic rings. The number of hydrogen-bond acceptors (Lipinski definition) is 5. The Balaban J connectivity index is 1.84. The van der Waals surface area contributed by atoms with Gasteiger partial charge >= 0.3 is 5.97 Å². The number of aryl methyl sites for hydroxylation is 2. The van der Waals surface area contributed by atoms with E-state index in [1.165, 1.54) is 6.92 Å². The molecule has 1 N–H and O–H groups in total. The zero-order chi connectivity index (χ0) is 19.1. The number of amides is 1. The average molecular weight is 357 g/mol. The molecule has 0 saturated carbocycles. The molecule has 2 aromatic carbocycles. The first-order valence-electron chi connectivity index (χ1n) is 8.24. The lowest BCUT2D eigenvalue weighted by Crippen LogP contribution is -2.31. The molecule has 0 radical (unpaired) electrons. The van der Waals surface area contributed by atoms with E-state index in [-0.39, 0.29) is 6.61 Å². The summed E-state index contributed by atoms with van der Waals surface area (Å²) >= 11 is 0. The second kappa shape index (κ2) is 8.89. The highest BCUT2D eigenvalue weighted by Gasteiger charge is 2.18. The molecular weight excluding hydrogens is 334 g/mol. The molecule has 0 spiro atoms. The van der Waals surface area contributed by atoms with Crippen LogP contribution >= 0.6 is 0 Å². The van der Waals surface area contributed by atoms with Gasteiger partial charge in [0, 0.05) is 5.69 Å². The van der Waals surface area contributed by atoms with E-state index in [0.717, 1.165) is 11.1 Å². The Hall–Kier alpha value is -3.02. The molecule has 0 saturated heterocycles. The molecule has 0 aliphatic carbocycles. The number of carbonyl (C=O) groups is 2. The largest absolute Gasteiger partial charge is 0.497 e. The summed E-state index contributed by atoms with van der Waals surface area (Å²) in [5, 5.41) is 2.68. The number of benzene rings is 2. The lowest BCUT2D eigenvalue weighted by atomic mass is 10.1. The number of ether oxygens (including phenoxy) is 3. The zero-order valence-electron chi connectivity index (χ0n) is 15.4. The van der Waals surface area contributed by atoms with E-state index < -0.39 is 18.0 Å². The second-order valence-corrected chi connectivity index (χ2v) is 5.86. The first-order chi connectivity index (χ1) is 12.4. The number of para-hydroxylation sites is 1. The zero-order valence-corrected chi connectivity index (χ0v) is 15.4. The van der Waals surface area contributed by atoms with Crippen molar-refractivity contribution in [3.8, 4) is 11.5 Å². The van der Waals surface area contributed by atoms with Gasteiger partial charge in [0.1, 0.15) is 11.5 Å². The fourth-order valence-corrected chi connectivity index (χ4v) is 2.36. The van der Waals surface area contributed by atoms with E-state index >= 15 is 0 Å². The van der Waals surface area contributed by atoms with Gasteiger partial charge in [-0.25, -0.2) is 4.79 Å². The summed E-state index contributed by atoms with van der Waals surface area (Å²) < 4.78 is 15.7. The maximum Gasteiger partial charge on any atom is 0.344 e. The lowest BCUT2D eigenvalue weighted by Gasteiger charge is -2.15. The van der Waals surface area contributed by atoms with Crippen molar-refractivity contribution >= 4 is 17.6 Å². The first-order valence-corrected chi connectivity index (χ1v) is 8.24. The van der Waals surface area contributed by atoms with Crippen molar-refractivity contribution < 1.29 is 23.8 Å². The molecule has 1 unspecified atom stereocenters. The maximum absolute atomic E-state index is 12.1. The summed E-state index contributed by atoms with van der Waals surface area (Å²) in [5.41, 5.74) is 2.46. The van der Waals surface area contributed by atoms with Crippen molar-refractivity contribution in [2.75, 3.05) is 19.0 Å². The third-order valence-electron chi connectivity index (χ3n) is 3.78. The number of hydrogen-bond donors (Lipinski definition) is 1. The van der Waals surface area contributed by atoms with Crippen LogP contribution in [-0.2, 0) is 14.3 Å². The summed E-state index contributed by atoms with van der Waals surface area (Å²) in [7, 11) is 1.57. The summed E-state index contributed by atoms with van der Waals surface area (Å²) in [6.07, 6.45) is -0.939. The third kappa shape index (κ3) is 5.24. The van der Waals surface area contributed by atoms with Crippen LogP contribution in [0.15, 0.2) is 42.5 Å². The van der Waals surface area contributed by atoms with E-state index in [1.54, 1.807) is 31.4 Å². The molecule has 6 heteroatoms. The van der Waals surface area contributed by atoms with Crippen molar-refractivity contribution in [3.05, 3.63) is 53.6 Å². The summed E-state index contributed by atoms with van der Waals surface area (Å²) in [6, 6.07) is 12.6. The normalized spacial score (nSPS) is 11.4. The van der Waals surface area contributed by atoms with E-state index in [1.807, 2.05) is 32.0 Å². The SMILES string of the molecule is COc1ccc(NC(=O)C(C)OC(=O)COc2c(C)cccc2C)cc1. The van der Waals surface area contributed by atoms with Crippen molar-refractivity contribution in [1.29, 1.82) is 0 Å². The van der Waals surface area contributed by atoms with Gasteiger partial charge < -0.3 is 19.5 Å². The van der Waals surface area contributed by atoms with Gasteiger partial charge in [0.25, 0.3) is 5.91 Å². The minimum Gasteiger partial charge on any atom is -0.497 e. The smallest absolute Gasteiger partial charge is 0.344 e. The predicted molar refractivity (Wildman–Crippen MR) is 98.6 cm³/mol. The molecule has 0 aromatic heterocycles. The van der Waals surface area contributed by atoms with Gasteiger partial charge in [0.05, 0.1) is 7.11 Å². The molecular formula is C20H23NO5. The Bertz CT molecular complexity index is 750. The van der Waals surface area contributed by atoms with Crippen molar-refractivity contribution in [2.24, 2.45) is 0 Å². The number of nitrogens with one attached hydrogen (secondary N) is 1. The summed E-state index contributed by atoms with van der Waals surface area (Å²) in [5.74, 6) is 0.312. The molecule has 26 heavy (non-hydrogen) atoms. The molecule has 0 bridgehead atoms. The van der Waals surface area contributed by atoms with Crippen molar-refractivity contribution in [1.82, 2.24) is 0 Å². The third-order valence-corrected chi connectivity index (χ3v) is 3.78. The number of esters is 1. The highest BCUT2D eigenvalue weighted by Crippen LogP contribution is 2.22. The Labute approximate surface area is 153 Å². The minimum atomic E-state index is -0.939. The highest BCUT2D eigenvalue weighted by atomic mass is 16.6. The van der Waals surface area contributed by atoms with Gasteiger partial charge in [0.2, 0.25) is 0 Å². The van der Waals surface area contributed by atoms with Crippen LogP contribution in [0.25, 0.3) is 0 Å². The van der Waals surface area contributed by atoms with Crippen LogP contribution in [0, 0.1) is 13.8 Å². The second-order valence-electron chi connectivity index (χ2n) is 5.86. The van der Waals surface area contributed by atoms with Gasteiger partial charge in [-0.15, -0.1) is 0 Å². The summed E-state index contributed by atoms with van der Waals surface area (Å²) in [6.45, 7) is 5.05. The topological polar surface area (TPSA) is 73.9 Å². The standard InChI is InChI=1S/C20H23NO5/c1-13-6-5-7-14(2)19(13)25-12-18(22)26-15(3)20(23)21-16-8-10-17(24-4)11-9-16/h5-11,15H,12H2,1-4H3,(H,21,23).